The number of rotatable bonds is 8. The number of hydrazone groups is 1. The topological polar surface area (TPSA) is 63.6 Å². The van der Waals surface area contributed by atoms with Gasteiger partial charge < -0.3 is 19.1 Å². The summed E-state index contributed by atoms with van der Waals surface area (Å²) in [5.74, 6) is 0.992. The molecular weight excluding hydrogens is 418 g/mol. The highest BCUT2D eigenvalue weighted by Gasteiger charge is 2.18. The molecule has 1 saturated heterocycles. The molecule has 1 amide bonds. The minimum absolute atomic E-state index is 0.0421. The van der Waals surface area contributed by atoms with Gasteiger partial charge in [-0.3, -0.25) is 4.79 Å². The van der Waals surface area contributed by atoms with Gasteiger partial charge in [-0.25, -0.2) is 5.01 Å². The predicted molar refractivity (Wildman–Crippen MR) is 129 cm³/mol. The molecule has 0 N–H and O–H groups in total. The van der Waals surface area contributed by atoms with Crippen molar-refractivity contribution in [3.8, 4) is 11.5 Å². The molecule has 33 heavy (non-hydrogen) atoms. The number of morpholine rings is 1. The first-order chi connectivity index (χ1) is 16.2. The normalized spacial score (nSPS) is 13.7. The number of benzene rings is 3. The van der Waals surface area contributed by atoms with E-state index < -0.39 is 0 Å². The zero-order valence-electron chi connectivity index (χ0n) is 18.6. The van der Waals surface area contributed by atoms with Crippen molar-refractivity contribution < 1.29 is 19.0 Å². The summed E-state index contributed by atoms with van der Waals surface area (Å²) in [5.41, 5.74) is 2.75. The van der Waals surface area contributed by atoms with Gasteiger partial charge in [-0.15, -0.1) is 0 Å². The number of methoxy groups -OCH3 is 1. The molecule has 1 aliphatic rings. The fourth-order valence-corrected chi connectivity index (χ4v) is 3.47. The van der Waals surface area contributed by atoms with Crippen LogP contribution in [0.2, 0.25) is 0 Å². The molecule has 1 heterocycles. The zero-order valence-corrected chi connectivity index (χ0v) is 18.6. The van der Waals surface area contributed by atoms with Gasteiger partial charge in [0.2, 0.25) is 0 Å². The van der Waals surface area contributed by atoms with Crippen molar-refractivity contribution in [3.63, 3.8) is 0 Å². The molecule has 0 radical (unpaired) electrons. The Morgan fingerprint density at radius 3 is 2.21 bits per heavy atom. The number of nitrogens with zero attached hydrogens (tertiary/aromatic N) is 3. The largest absolute Gasteiger partial charge is 0.493 e. The van der Waals surface area contributed by atoms with Crippen molar-refractivity contribution in [2.75, 3.05) is 45.0 Å². The van der Waals surface area contributed by atoms with E-state index in [-0.39, 0.29) is 12.5 Å². The second kappa shape index (κ2) is 11.2. The molecule has 0 atom stereocenters. The average molecular weight is 446 g/mol. The van der Waals surface area contributed by atoms with E-state index in [1.165, 1.54) is 0 Å². The summed E-state index contributed by atoms with van der Waals surface area (Å²) in [6, 6.07) is 25.4. The van der Waals surface area contributed by atoms with Crippen molar-refractivity contribution in [2.24, 2.45) is 5.10 Å². The van der Waals surface area contributed by atoms with Gasteiger partial charge in [0.15, 0.2) is 18.1 Å². The van der Waals surface area contributed by atoms with Crippen LogP contribution in [0.3, 0.4) is 0 Å². The van der Waals surface area contributed by atoms with E-state index in [2.05, 4.69) is 0 Å². The Morgan fingerprint density at radius 2 is 1.61 bits per heavy atom. The maximum atomic E-state index is 12.4. The summed E-state index contributed by atoms with van der Waals surface area (Å²) < 4.78 is 16.5. The van der Waals surface area contributed by atoms with Crippen molar-refractivity contribution in [3.05, 3.63) is 84.4 Å². The highest BCUT2D eigenvalue weighted by atomic mass is 16.5. The third-order valence-electron chi connectivity index (χ3n) is 5.23. The molecule has 3 aromatic carbocycles. The summed E-state index contributed by atoms with van der Waals surface area (Å²) in [7, 11) is 1.58. The van der Waals surface area contributed by atoms with Crippen molar-refractivity contribution in [1.29, 1.82) is 0 Å². The standard InChI is InChI=1S/C26H27N3O4/c1-31-25-18-21(12-13-24(25)33-20-26(30)28-14-16-32-17-15-28)19-27-29(22-8-4-2-5-9-22)23-10-6-3-7-11-23/h2-13,18-19H,14-17,20H2,1H3/b27-19-. The molecule has 170 valence electrons. The van der Waals surface area contributed by atoms with E-state index in [0.29, 0.717) is 37.8 Å². The molecule has 0 bridgehead atoms. The van der Waals surface area contributed by atoms with Crippen LogP contribution in [0.1, 0.15) is 5.56 Å². The van der Waals surface area contributed by atoms with E-state index in [1.54, 1.807) is 24.3 Å². The maximum absolute atomic E-state index is 12.4. The molecule has 7 heteroatoms. The Labute approximate surface area is 193 Å². The molecule has 7 nitrogen and oxygen atoms in total. The molecule has 3 aromatic rings. The molecule has 0 unspecified atom stereocenters. The predicted octanol–water partition coefficient (Wildman–Crippen LogP) is 4.11. The van der Waals surface area contributed by atoms with Crippen LogP contribution >= 0.6 is 0 Å². The summed E-state index contributed by atoms with van der Waals surface area (Å²) in [6.45, 7) is 2.26. The highest BCUT2D eigenvalue weighted by molar-refractivity contribution is 5.83. The lowest BCUT2D eigenvalue weighted by Gasteiger charge is -2.26. The number of ether oxygens (including phenoxy) is 3. The number of carbonyl (C=O) groups is 1. The van der Waals surface area contributed by atoms with Crippen molar-refractivity contribution in [2.45, 2.75) is 0 Å². The van der Waals surface area contributed by atoms with Crippen LogP contribution in [0.15, 0.2) is 84.0 Å². The minimum Gasteiger partial charge on any atom is -0.493 e. The van der Waals surface area contributed by atoms with Gasteiger partial charge in [0, 0.05) is 13.1 Å². The molecule has 1 aliphatic heterocycles. The van der Waals surface area contributed by atoms with E-state index in [4.69, 9.17) is 19.3 Å². The summed E-state index contributed by atoms with van der Waals surface area (Å²) in [6.07, 6.45) is 1.77. The van der Waals surface area contributed by atoms with Gasteiger partial charge in [0.05, 0.1) is 37.9 Å². The molecule has 4 rings (SSSR count). The first kappa shape index (κ1) is 22.4. The third-order valence-corrected chi connectivity index (χ3v) is 5.23. The number of carbonyl (C=O) groups excluding carboxylic acids is 1. The Balaban J connectivity index is 1.48. The van der Waals surface area contributed by atoms with Gasteiger partial charge in [-0.1, -0.05) is 36.4 Å². The van der Waals surface area contributed by atoms with Crippen LogP contribution in [0.5, 0.6) is 11.5 Å². The fourth-order valence-electron chi connectivity index (χ4n) is 3.47. The van der Waals surface area contributed by atoms with Gasteiger partial charge in [-0.2, -0.15) is 5.10 Å². The summed E-state index contributed by atoms with van der Waals surface area (Å²) >= 11 is 0. The van der Waals surface area contributed by atoms with E-state index >= 15 is 0 Å². The molecular formula is C26H27N3O4. The molecule has 0 saturated carbocycles. The highest BCUT2D eigenvalue weighted by Crippen LogP contribution is 2.29. The zero-order chi connectivity index (χ0) is 22.9. The second-order valence-corrected chi connectivity index (χ2v) is 7.42. The van der Waals surface area contributed by atoms with E-state index in [1.807, 2.05) is 77.8 Å². The van der Waals surface area contributed by atoms with Crippen LogP contribution < -0.4 is 14.5 Å². The van der Waals surface area contributed by atoms with E-state index in [9.17, 15) is 4.79 Å². The SMILES string of the molecule is COc1cc(/C=N\N(c2ccccc2)c2ccccc2)ccc1OCC(=O)N1CCOCC1. The number of hydrogen-bond acceptors (Lipinski definition) is 6. The Morgan fingerprint density at radius 1 is 0.970 bits per heavy atom. The summed E-state index contributed by atoms with van der Waals surface area (Å²) in [5, 5.41) is 6.59. The number of anilines is 2. The Hall–Kier alpha value is -3.84. The lowest BCUT2D eigenvalue weighted by molar-refractivity contribution is -0.137. The van der Waals surface area contributed by atoms with Gasteiger partial charge >= 0.3 is 0 Å². The van der Waals surface area contributed by atoms with Crippen LogP contribution in [0.25, 0.3) is 0 Å². The van der Waals surface area contributed by atoms with Crippen LogP contribution in [-0.4, -0.2) is 57.0 Å². The summed E-state index contributed by atoms with van der Waals surface area (Å²) in [4.78, 5) is 14.1. The quantitative estimate of drug-likeness (QED) is 0.386. The Bertz CT molecular complexity index is 1030. The molecule has 0 aliphatic carbocycles. The smallest absolute Gasteiger partial charge is 0.260 e. The molecule has 1 fully saturated rings. The van der Waals surface area contributed by atoms with Crippen molar-refractivity contribution >= 4 is 23.5 Å². The number of amides is 1. The molecule has 0 spiro atoms. The average Bonchev–Trinajstić information content (AvgIpc) is 2.89. The number of hydrogen-bond donors (Lipinski definition) is 0. The maximum Gasteiger partial charge on any atom is 0.260 e. The fraction of sp³-hybridized carbons (Fsp3) is 0.231. The first-order valence-corrected chi connectivity index (χ1v) is 10.8. The number of para-hydroxylation sites is 2. The first-order valence-electron chi connectivity index (χ1n) is 10.8. The monoisotopic (exact) mass is 445 g/mol. The second-order valence-electron chi connectivity index (χ2n) is 7.42. The lowest BCUT2D eigenvalue weighted by Crippen LogP contribution is -2.43. The lowest BCUT2D eigenvalue weighted by atomic mass is 10.2. The van der Waals surface area contributed by atoms with Gasteiger partial charge in [0.25, 0.3) is 5.91 Å². The van der Waals surface area contributed by atoms with E-state index in [0.717, 1.165) is 16.9 Å². The third kappa shape index (κ3) is 5.90. The van der Waals surface area contributed by atoms with Crippen LogP contribution in [0, 0.1) is 0 Å². The van der Waals surface area contributed by atoms with Crippen LogP contribution in [0.4, 0.5) is 11.4 Å². The molecule has 0 aromatic heterocycles. The van der Waals surface area contributed by atoms with Crippen LogP contribution in [-0.2, 0) is 9.53 Å². The van der Waals surface area contributed by atoms with Gasteiger partial charge in [0.1, 0.15) is 0 Å². The van der Waals surface area contributed by atoms with Crippen molar-refractivity contribution in [1.82, 2.24) is 4.90 Å². The minimum atomic E-state index is -0.0626. The van der Waals surface area contributed by atoms with Gasteiger partial charge in [-0.05, 0) is 48.0 Å². The Kier molecular flexibility index (Phi) is 7.56.